The highest BCUT2D eigenvalue weighted by Gasteiger charge is 2.39. The van der Waals surface area contributed by atoms with Crippen LogP contribution in [0.3, 0.4) is 0 Å². The Bertz CT molecular complexity index is 1710. The van der Waals surface area contributed by atoms with E-state index in [4.69, 9.17) is 4.74 Å². The molecule has 11 heteroatoms. The van der Waals surface area contributed by atoms with E-state index in [0.29, 0.717) is 31.2 Å². The van der Waals surface area contributed by atoms with Crippen LogP contribution in [0.25, 0.3) is 0 Å². The van der Waals surface area contributed by atoms with E-state index in [2.05, 4.69) is 55.5 Å². The molecule has 0 radical (unpaired) electrons. The Hall–Kier alpha value is -4.25. The molecule has 7 atom stereocenters. The van der Waals surface area contributed by atoms with Crippen molar-refractivity contribution in [2.75, 3.05) is 19.6 Å². The maximum Gasteiger partial charge on any atom is 0.407 e. The van der Waals surface area contributed by atoms with E-state index >= 15 is 0 Å². The second kappa shape index (κ2) is 22.6. The number of amidine groups is 1. The van der Waals surface area contributed by atoms with Gasteiger partial charge in [0, 0.05) is 55.5 Å². The van der Waals surface area contributed by atoms with Crippen molar-refractivity contribution in [3.05, 3.63) is 83.4 Å². The maximum absolute atomic E-state index is 14.2. The lowest BCUT2D eigenvalue weighted by atomic mass is 9.83. The number of ether oxygens (including phenoxy) is 1. The standard InChI is InChI=1S/C46H64N4O6S/c1-30(2)39(27-41(51)34(6)24-32(4)33(5)25-36-15-10-8-11-16-36)43(53)49-40(19-14-21-48-46(55)56-29-37-17-12-9-13-18-37)42(52)26-38-23-31(3)28-50(44(38)54)45-47-22-20-35(7)57-45/h8-13,15-18,24,30-31,33-35,38-40H,14,19-23,25-29H2,1-7H3,(H,48,55)(H,49,53)/b32-24+/t31?,33-,34-,35?,38-,39+,40-/m1/s1. The SMILES string of the molecule is C/C(=C\[C@@H](C)C(=O)C[C@H](C(=O)N[C@H](CCCNC(=O)OCc1ccccc1)C(=O)C[C@H]1CC(C)CN(C2=NCCC(C)S2)C1=O)C(C)C)[C@H](C)Cc1ccccc1. The van der Waals surface area contributed by atoms with Gasteiger partial charge in [-0.1, -0.05) is 126 Å². The molecule has 10 nitrogen and oxygen atoms in total. The Labute approximate surface area is 344 Å². The van der Waals surface area contributed by atoms with Crippen molar-refractivity contribution in [1.29, 1.82) is 0 Å². The number of benzene rings is 2. The fourth-order valence-electron chi connectivity index (χ4n) is 7.46. The number of rotatable bonds is 19. The molecule has 2 heterocycles. The number of hydrogen-bond acceptors (Lipinski definition) is 8. The Morgan fingerprint density at radius 3 is 2.28 bits per heavy atom. The number of nitrogens with zero attached hydrogens (tertiary/aromatic N) is 2. The van der Waals surface area contributed by atoms with Gasteiger partial charge in [0.1, 0.15) is 12.4 Å². The molecule has 2 N–H and O–H groups in total. The minimum Gasteiger partial charge on any atom is -0.445 e. The lowest BCUT2D eigenvalue weighted by molar-refractivity contribution is -0.139. The molecule has 0 bridgehead atoms. The van der Waals surface area contributed by atoms with Gasteiger partial charge in [-0.15, -0.1) is 0 Å². The fraction of sp³-hybridized carbons (Fsp3) is 0.565. The van der Waals surface area contributed by atoms with Crippen molar-refractivity contribution in [3.8, 4) is 0 Å². The summed E-state index contributed by atoms with van der Waals surface area (Å²) in [6.45, 7) is 15.7. The van der Waals surface area contributed by atoms with Gasteiger partial charge in [-0.2, -0.15) is 0 Å². The van der Waals surface area contributed by atoms with E-state index in [1.807, 2.05) is 75.4 Å². The normalized spacial score (nSPS) is 20.9. The third-order valence-electron chi connectivity index (χ3n) is 11.2. The Morgan fingerprint density at radius 1 is 0.965 bits per heavy atom. The van der Waals surface area contributed by atoms with Crippen LogP contribution >= 0.6 is 11.8 Å². The molecule has 0 spiro atoms. The summed E-state index contributed by atoms with van der Waals surface area (Å²) in [5.41, 5.74) is 3.23. The van der Waals surface area contributed by atoms with Crippen LogP contribution in [0.2, 0.25) is 0 Å². The number of Topliss-reactive ketones (excluding diaryl/α,β-unsaturated/α-hetero) is 2. The lowest BCUT2D eigenvalue weighted by Crippen LogP contribution is -2.50. The zero-order chi connectivity index (χ0) is 41.5. The first-order chi connectivity index (χ1) is 27.2. The van der Waals surface area contributed by atoms with Crippen LogP contribution in [0.4, 0.5) is 4.79 Å². The first kappa shape index (κ1) is 45.5. The second-order valence-corrected chi connectivity index (χ2v) is 17.9. The molecule has 2 aliphatic heterocycles. The molecule has 1 fully saturated rings. The molecule has 4 rings (SSSR count). The summed E-state index contributed by atoms with van der Waals surface area (Å²) >= 11 is 1.61. The van der Waals surface area contributed by atoms with Crippen molar-refractivity contribution in [3.63, 3.8) is 0 Å². The summed E-state index contributed by atoms with van der Waals surface area (Å²) in [5, 5.41) is 6.84. The number of piperidine rings is 1. The minimum atomic E-state index is -0.894. The predicted molar refractivity (Wildman–Crippen MR) is 229 cm³/mol. The van der Waals surface area contributed by atoms with Crippen LogP contribution in [0.5, 0.6) is 0 Å². The number of allylic oxidation sites excluding steroid dienone is 2. The van der Waals surface area contributed by atoms with Crippen LogP contribution in [-0.2, 0) is 36.9 Å². The van der Waals surface area contributed by atoms with Crippen LogP contribution < -0.4 is 10.6 Å². The number of ketones is 2. The largest absolute Gasteiger partial charge is 0.445 e. The monoisotopic (exact) mass is 800 g/mol. The average molecular weight is 801 g/mol. The number of hydrogen-bond donors (Lipinski definition) is 2. The highest BCUT2D eigenvalue weighted by atomic mass is 32.2. The molecule has 2 unspecified atom stereocenters. The van der Waals surface area contributed by atoms with E-state index in [1.165, 1.54) is 5.56 Å². The molecule has 2 aliphatic rings. The van der Waals surface area contributed by atoms with Gasteiger partial charge in [-0.25, -0.2) is 4.79 Å². The van der Waals surface area contributed by atoms with E-state index < -0.39 is 24.0 Å². The molecular weight excluding hydrogens is 737 g/mol. The molecule has 0 aromatic heterocycles. The number of alkyl carbamates (subject to hydrolysis) is 1. The number of likely N-dealkylation sites (tertiary alicyclic amines) is 1. The number of carbonyl (C=O) groups excluding carboxylic acids is 5. The third-order valence-corrected chi connectivity index (χ3v) is 12.4. The van der Waals surface area contributed by atoms with Crippen molar-refractivity contribution < 1.29 is 28.7 Å². The predicted octanol–water partition coefficient (Wildman–Crippen LogP) is 8.20. The van der Waals surface area contributed by atoms with Crippen LogP contribution in [-0.4, -0.2) is 70.5 Å². The van der Waals surface area contributed by atoms with Gasteiger partial charge < -0.3 is 15.4 Å². The van der Waals surface area contributed by atoms with E-state index in [9.17, 15) is 24.0 Å². The molecule has 0 saturated carbocycles. The van der Waals surface area contributed by atoms with E-state index in [0.717, 1.165) is 29.1 Å². The summed E-state index contributed by atoms with van der Waals surface area (Å²) in [5.74, 6) is -2.01. The number of nitrogens with one attached hydrogen (secondary N) is 2. The summed E-state index contributed by atoms with van der Waals surface area (Å²) in [6, 6.07) is 18.7. The van der Waals surface area contributed by atoms with E-state index in [-0.39, 0.29) is 79.5 Å². The zero-order valence-electron chi connectivity index (χ0n) is 35.0. The topological polar surface area (TPSA) is 134 Å². The van der Waals surface area contributed by atoms with Crippen LogP contribution in [0.1, 0.15) is 98.1 Å². The Morgan fingerprint density at radius 2 is 1.63 bits per heavy atom. The van der Waals surface area contributed by atoms with Gasteiger partial charge >= 0.3 is 6.09 Å². The zero-order valence-corrected chi connectivity index (χ0v) is 35.8. The lowest BCUT2D eigenvalue weighted by Gasteiger charge is -2.37. The molecule has 3 amide bonds. The fourth-order valence-corrected chi connectivity index (χ4v) is 8.50. The molecule has 2 aromatic rings. The smallest absolute Gasteiger partial charge is 0.407 e. The minimum absolute atomic E-state index is 0.0157. The molecular formula is C46H64N4O6S. The van der Waals surface area contributed by atoms with E-state index in [1.54, 1.807) is 16.7 Å². The molecule has 1 saturated heterocycles. The number of carbonyl (C=O) groups is 5. The quantitative estimate of drug-likeness (QED) is 0.108. The average Bonchev–Trinajstić information content (AvgIpc) is 3.18. The third kappa shape index (κ3) is 14.6. The summed E-state index contributed by atoms with van der Waals surface area (Å²) in [7, 11) is 0. The first-order valence-electron chi connectivity index (χ1n) is 20.8. The van der Waals surface area contributed by atoms with Crippen molar-refractivity contribution in [2.24, 2.45) is 40.5 Å². The van der Waals surface area contributed by atoms with Gasteiger partial charge in [-0.3, -0.25) is 29.1 Å². The first-order valence-corrected chi connectivity index (χ1v) is 21.6. The summed E-state index contributed by atoms with van der Waals surface area (Å²) in [4.78, 5) is 74.5. The number of aliphatic imine (C=N–C) groups is 1. The molecule has 57 heavy (non-hydrogen) atoms. The number of thioether (sulfide) groups is 1. The Kier molecular flexibility index (Phi) is 18.0. The van der Waals surface area contributed by atoms with Crippen molar-refractivity contribution in [1.82, 2.24) is 15.5 Å². The highest BCUT2D eigenvalue weighted by Crippen LogP contribution is 2.32. The summed E-state index contributed by atoms with van der Waals surface area (Å²) < 4.78 is 5.34. The van der Waals surface area contributed by atoms with Crippen LogP contribution in [0, 0.1) is 35.5 Å². The number of amides is 3. The molecule has 0 aliphatic carbocycles. The van der Waals surface area contributed by atoms with Gasteiger partial charge in [0.05, 0.1) is 6.04 Å². The Balaban J connectivity index is 1.42. The maximum atomic E-state index is 14.2. The van der Waals surface area contributed by atoms with Crippen LogP contribution in [0.15, 0.2) is 77.3 Å². The highest BCUT2D eigenvalue weighted by molar-refractivity contribution is 8.14. The van der Waals surface area contributed by atoms with Gasteiger partial charge in [0.15, 0.2) is 11.0 Å². The molecule has 310 valence electrons. The second-order valence-electron chi connectivity index (χ2n) is 16.5. The van der Waals surface area contributed by atoms with Crippen molar-refractivity contribution in [2.45, 2.75) is 111 Å². The van der Waals surface area contributed by atoms with Gasteiger partial charge in [0.25, 0.3) is 0 Å². The summed E-state index contributed by atoms with van der Waals surface area (Å²) in [6.07, 6.45) is 4.51. The van der Waals surface area contributed by atoms with Gasteiger partial charge in [0.2, 0.25) is 11.8 Å². The van der Waals surface area contributed by atoms with Crippen molar-refractivity contribution >= 4 is 46.4 Å². The van der Waals surface area contributed by atoms with Gasteiger partial charge in [-0.05, 0) is 67.9 Å². The molecule has 2 aromatic carbocycles.